The Morgan fingerprint density at radius 1 is 1.41 bits per heavy atom. The smallest absolute Gasteiger partial charge is 0.125 e. The second kappa shape index (κ2) is 6.45. The number of rotatable bonds is 6. The van der Waals surface area contributed by atoms with Gasteiger partial charge in [-0.2, -0.15) is 0 Å². The van der Waals surface area contributed by atoms with Crippen molar-refractivity contribution in [3.05, 3.63) is 24.0 Å². The summed E-state index contributed by atoms with van der Waals surface area (Å²) in [6, 6.07) is 4.55. The molecule has 0 spiro atoms. The van der Waals surface area contributed by atoms with E-state index in [0.29, 0.717) is 24.8 Å². The van der Waals surface area contributed by atoms with Crippen LogP contribution < -0.4 is 11.1 Å². The second-order valence-corrected chi connectivity index (χ2v) is 4.39. The molecule has 0 saturated carbocycles. The Hall–Kier alpha value is -1.29. The number of nitrogens with one attached hydrogen (secondary N) is 1. The molecule has 0 bridgehead atoms. The number of halogens is 1. The first-order valence-corrected chi connectivity index (χ1v) is 5.94. The highest BCUT2D eigenvalue weighted by atomic mass is 19.1. The molecule has 3 nitrogen and oxygen atoms in total. The molecule has 1 atom stereocenters. The summed E-state index contributed by atoms with van der Waals surface area (Å²) >= 11 is 0. The van der Waals surface area contributed by atoms with Crippen molar-refractivity contribution in [3.63, 3.8) is 0 Å². The molecule has 0 heterocycles. The predicted octanol–water partition coefficient (Wildman–Crippen LogP) is 2.88. The van der Waals surface area contributed by atoms with Crippen LogP contribution in [0.15, 0.2) is 18.2 Å². The molecule has 0 fully saturated rings. The molecule has 0 aromatic heterocycles. The summed E-state index contributed by atoms with van der Waals surface area (Å²) in [5.74, 6) is 0.0879. The van der Waals surface area contributed by atoms with Crippen molar-refractivity contribution in [2.24, 2.45) is 5.92 Å². The molecule has 0 amide bonds. The Morgan fingerprint density at radius 3 is 2.65 bits per heavy atom. The minimum atomic E-state index is -0.320. The summed E-state index contributed by atoms with van der Waals surface area (Å²) in [7, 11) is 0. The monoisotopic (exact) mass is 240 g/mol. The Kier molecular flexibility index (Phi) is 5.22. The first kappa shape index (κ1) is 13.8. The highest BCUT2D eigenvalue weighted by Crippen LogP contribution is 2.21. The second-order valence-electron chi connectivity index (χ2n) is 4.39. The Bertz CT molecular complexity index is 355. The lowest BCUT2D eigenvalue weighted by atomic mass is 10.0. The number of nitrogens with two attached hydrogens (primary N) is 1. The van der Waals surface area contributed by atoms with Crippen LogP contribution in [0.3, 0.4) is 0 Å². The fraction of sp³-hybridized carbons (Fsp3) is 0.538. The molecule has 0 aliphatic rings. The van der Waals surface area contributed by atoms with Gasteiger partial charge in [-0.3, -0.25) is 0 Å². The van der Waals surface area contributed by atoms with Gasteiger partial charge in [-0.05, 0) is 31.0 Å². The van der Waals surface area contributed by atoms with Crippen LogP contribution in [0.25, 0.3) is 0 Å². The molecule has 0 aliphatic heterocycles. The molecule has 17 heavy (non-hydrogen) atoms. The number of anilines is 2. The Labute approximate surface area is 102 Å². The van der Waals surface area contributed by atoms with E-state index in [1.807, 2.05) is 6.92 Å². The van der Waals surface area contributed by atoms with Crippen molar-refractivity contribution in [3.8, 4) is 0 Å². The van der Waals surface area contributed by atoms with Gasteiger partial charge in [0.05, 0.1) is 24.0 Å². The van der Waals surface area contributed by atoms with E-state index in [-0.39, 0.29) is 11.9 Å². The number of hydrogen-bond donors (Lipinski definition) is 2. The van der Waals surface area contributed by atoms with Crippen LogP contribution in [-0.2, 0) is 4.74 Å². The van der Waals surface area contributed by atoms with Crippen LogP contribution in [-0.4, -0.2) is 19.3 Å². The van der Waals surface area contributed by atoms with E-state index in [2.05, 4.69) is 19.2 Å². The third-order valence-electron chi connectivity index (χ3n) is 2.66. The fourth-order valence-corrected chi connectivity index (χ4v) is 1.51. The van der Waals surface area contributed by atoms with Crippen LogP contribution >= 0.6 is 0 Å². The minimum Gasteiger partial charge on any atom is -0.397 e. The van der Waals surface area contributed by atoms with E-state index in [1.54, 1.807) is 6.07 Å². The van der Waals surface area contributed by atoms with Gasteiger partial charge in [0, 0.05) is 6.61 Å². The van der Waals surface area contributed by atoms with E-state index < -0.39 is 0 Å². The molecule has 1 unspecified atom stereocenters. The molecule has 96 valence electrons. The van der Waals surface area contributed by atoms with Gasteiger partial charge in [0.2, 0.25) is 0 Å². The normalized spacial score (nSPS) is 12.8. The van der Waals surface area contributed by atoms with Gasteiger partial charge in [-0.1, -0.05) is 13.8 Å². The lowest BCUT2D eigenvalue weighted by Gasteiger charge is -2.24. The SMILES string of the molecule is CCOCC(Nc1ccc(F)cc1N)C(C)C. The summed E-state index contributed by atoms with van der Waals surface area (Å²) in [5.41, 5.74) is 6.93. The summed E-state index contributed by atoms with van der Waals surface area (Å²) in [6.45, 7) is 7.48. The lowest BCUT2D eigenvalue weighted by Crippen LogP contribution is -2.31. The molecular weight excluding hydrogens is 219 g/mol. The van der Waals surface area contributed by atoms with E-state index in [0.717, 1.165) is 5.69 Å². The zero-order valence-electron chi connectivity index (χ0n) is 10.7. The molecule has 3 N–H and O–H groups in total. The molecule has 0 aliphatic carbocycles. The van der Waals surface area contributed by atoms with Gasteiger partial charge in [0.25, 0.3) is 0 Å². The summed E-state index contributed by atoms with van der Waals surface area (Å²) in [5, 5.41) is 3.29. The molecule has 1 rings (SSSR count). The molecular formula is C13H21FN2O. The van der Waals surface area contributed by atoms with Crippen LogP contribution in [0.1, 0.15) is 20.8 Å². The van der Waals surface area contributed by atoms with Crippen LogP contribution in [0.4, 0.5) is 15.8 Å². The van der Waals surface area contributed by atoms with Crippen LogP contribution in [0.2, 0.25) is 0 Å². The van der Waals surface area contributed by atoms with Gasteiger partial charge in [-0.15, -0.1) is 0 Å². The number of ether oxygens (including phenoxy) is 1. The number of nitrogen functional groups attached to an aromatic ring is 1. The van der Waals surface area contributed by atoms with Crippen molar-refractivity contribution in [1.82, 2.24) is 0 Å². The fourth-order valence-electron chi connectivity index (χ4n) is 1.51. The largest absolute Gasteiger partial charge is 0.397 e. The van der Waals surface area contributed by atoms with Crippen LogP contribution in [0, 0.1) is 11.7 Å². The number of hydrogen-bond acceptors (Lipinski definition) is 3. The molecule has 0 radical (unpaired) electrons. The summed E-state index contributed by atoms with van der Waals surface area (Å²) in [4.78, 5) is 0. The van der Waals surface area contributed by atoms with Gasteiger partial charge < -0.3 is 15.8 Å². The van der Waals surface area contributed by atoms with Crippen molar-refractivity contribution in [2.45, 2.75) is 26.8 Å². The average Bonchev–Trinajstić information content (AvgIpc) is 2.26. The standard InChI is InChI=1S/C13H21FN2O/c1-4-17-8-13(9(2)3)16-12-6-5-10(14)7-11(12)15/h5-7,9,13,16H,4,8,15H2,1-3H3. The maximum atomic E-state index is 12.9. The third-order valence-corrected chi connectivity index (χ3v) is 2.66. The van der Waals surface area contributed by atoms with Gasteiger partial charge in [-0.25, -0.2) is 4.39 Å². The van der Waals surface area contributed by atoms with Crippen LogP contribution in [0.5, 0.6) is 0 Å². The zero-order chi connectivity index (χ0) is 12.8. The third kappa shape index (κ3) is 4.23. The number of benzene rings is 1. The first-order chi connectivity index (χ1) is 8.04. The summed E-state index contributed by atoms with van der Waals surface area (Å²) in [6.07, 6.45) is 0. The highest BCUT2D eigenvalue weighted by molar-refractivity contribution is 5.66. The Balaban J connectivity index is 2.71. The molecule has 1 aromatic rings. The van der Waals surface area contributed by atoms with Gasteiger partial charge in [0.15, 0.2) is 0 Å². The maximum Gasteiger partial charge on any atom is 0.125 e. The van der Waals surface area contributed by atoms with Crippen molar-refractivity contribution < 1.29 is 9.13 Å². The van der Waals surface area contributed by atoms with E-state index in [1.165, 1.54) is 12.1 Å². The minimum absolute atomic E-state index is 0.169. The zero-order valence-corrected chi connectivity index (χ0v) is 10.7. The van der Waals surface area contributed by atoms with Crippen molar-refractivity contribution in [1.29, 1.82) is 0 Å². The first-order valence-electron chi connectivity index (χ1n) is 5.94. The van der Waals surface area contributed by atoms with Gasteiger partial charge in [0.1, 0.15) is 5.82 Å². The maximum absolute atomic E-state index is 12.9. The predicted molar refractivity (Wildman–Crippen MR) is 69.6 cm³/mol. The molecule has 0 saturated heterocycles. The lowest BCUT2D eigenvalue weighted by molar-refractivity contribution is 0.127. The van der Waals surface area contributed by atoms with E-state index >= 15 is 0 Å². The quantitative estimate of drug-likeness (QED) is 0.752. The van der Waals surface area contributed by atoms with E-state index in [4.69, 9.17) is 10.5 Å². The Morgan fingerprint density at radius 2 is 2.12 bits per heavy atom. The van der Waals surface area contributed by atoms with Crippen molar-refractivity contribution >= 4 is 11.4 Å². The molecule has 4 heteroatoms. The van der Waals surface area contributed by atoms with Gasteiger partial charge >= 0.3 is 0 Å². The highest BCUT2D eigenvalue weighted by Gasteiger charge is 2.14. The van der Waals surface area contributed by atoms with E-state index in [9.17, 15) is 4.39 Å². The topological polar surface area (TPSA) is 47.3 Å². The average molecular weight is 240 g/mol. The molecule has 1 aromatic carbocycles. The van der Waals surface area contributed by atoms with Crippen molar-refractivity contribution in [2.75, 3.05) is 24.3 Å². The summed E-state index contributed by atoms with van der Waals surface area (Å²) < 4.78 is 18.3.